The molecule has 0 radical (unpaired) electrons. The van der Waals surface area contributed by atoms with Gasteiger partial charge in [0.15, 0.2) is 0 Å². The smallest absolute Gasteiger partial charge is 0.137 e. The second kappa shape index (κ2) is 6.30. The van der Waals surface area contributed by atoms with E-state index in [0.29, 0.717) is 0 Å². The standard InChI is InChI=1S/C22H22N4/c1-22(2,3)17-8-11-18(12-9-17)26(21-6-4-5-13-23-21)19-10-7-16-15-24-25-20(16)14-19/h4-15H,1-3H3,(H,24,25). The fourth-order valence-electron chi connectivity index (χ4n) is 3.07. The Bertz CT molecular complexity index is 1010. The average molecular weight is 342 g/mol. The number of nitrogens with zero attached hydrogens (tertiary/aromatic N) is 3. The van der Waals surface area contributed by atoms with Crippen molar-refractivity contribution in [1.29, 1.82) is 0 Å². The summed E-state index contributed by atoms with van der Waals surface area (Å²) in [6, 6.07) is 21.0. The number of benzene rings is 2. The van der Waals surface area contributed by atoms with E-state index < -0.39 is 0 Å². The van der Waals surface area contributed by atoms with Gasteiger partial charge in [-0.05, 0) is 53.4 Å². The highest BCUT2D eigenvalue weighted by molar-refractivity contribution is 5.85. The van der Waals surface area contributed by atoms with Gasteiger partial charge in [0.05, 0.1) is 11.7 Å². The SMILES string of the molecule is CC(C)(C)c1ccc(N(c2ccc3cn[nH]c3c2)c2ccccn2)cc1. The monoisotopic (exact) mass is 342 g/mol. The Morgan fingerprint density at radius 3 is 2.35 bits per heavy atom. The molecule has 130 valence electrons. The normalized spacial score (nSPS) is 11.7. The van der Waals surface area contributed by atoms with Crippen molar-refractivity contribution >= 4 is 28.1 Å². The molecule has 26 heavy (non-hydrogen) atoms. The fourth-order valence-corrected chi connectivity index (χ4v) is 3.07. The maximum absolute atomic E-state index is 4.57. The zero-order chi connectivity index (χ0) is 18.1. The summed E-state index contributed by atoms with van der Waals surface area (Å²) in [6.07, 6.45) is 3.66. The van der Waals surface area contributed by atoms with Gasteiger partial charge in [0.25, 0.3) is 0 Å². The number of hydrogen-bond acceptors (Lipinski definition) is 3. The number of pyridine rings is 1. The van der Waals surface area contributed by atoms with Gasteiger partial charge < -0.3 is 0 Å². The molecule has 4 aromatic rings. The molecule has 4 nitrogen and oxygen atoms in total. The Balaban J connectivity index is 1.83. The van der Waals surface area contributed by atoms with Gasteiger partial charge in [-0.25, -0.2) is 4.98 Å². The highest BCUT2D eigenvalue weighted by Crippen LogP contribution is 2.35. The minimum absolute atomic E-state index is 0.128. The Morgan fingerprint density at radius 2 is 1.65 bits per heavy atom. The summed E-state index contributed by atoms with van der Waals surface area (Å²) in [5.41, 5.74) is 4.57. The summed E-state index contributed by atoms with van der Waals surface area (Å²) in [6.45, 7) is 6.68. The zero-order valence-corrected chi connectivity index (χ0v) is 15.3. The van der Waals surface area contributed by atoms with Crippen molar-refractivity contribution in [2.45, 2.75) is 26.2 Å². The molecule has 0 unspecified atom stereocenters. The van der Waals surface area contributed by atoms with Crippen LogP contribution in [0.15, 0.2) is 73.1 Å². The molecule has 0 aliphatic carbocycles. The van der Waals surface area contributed by atoms with E-state index in [1.165, 1.54) is 5.56 Å². The second-order valence-corrected chi connectivity index (χ2v) is 7.46. The predicted molar refractivity (Wildman–Crippen MR) is 107 cm³/mol. The molecular weight excluding hydrogens is 320 g/mol. The van der Waals surface area contributed by atoms with Gasteiger partial charge in [-0.2, -0.15) is 5.10 Å². The highest BCUT2D eigenvalue weighted by Gasteiger charge is 2.17. The van der Waals surface area contributed by atoms with E-state index in [2.05, 4.69) is 83.3 Å². The van der Waals surface area contributed by atoms with Crippen molar-refractivity contribution in [3.05, 3.63) is 78.6 Å². The van der Waals surface area contributed by atoms with Gasteiger partial charge in [-0.1, -0.05) is 39.0 Å². The molecule has 0 bridgehead atoms. The lowest BCUT2D eigenvalue weighted by molar-refractivity contribution is 0.590. The zero-order valence-electron chi connectivity index (χ0n) is 15.3. The van der Waals surface area contributed by atoms with Crippen molar-refractivity contribution in [3.63, 3.8) is 0 Å². The van der Waals surface area contributed by atoms with E-state index in [9.17, 15) is 0 Å². The molecule has 4 heteroatoms. The molecule has 0 amide bonds. The lowest BCUT2D eigenvalue weighted by Gasteiger charge is -2.26. The predicted octanol–water partition coefficient (Wildman–Crippen LogP) is 5.73. The van der Waals surface area contributed by atoms with E-state index >= 15 is 0 Å². The summed E-state index contributed by atoms with van der Waals surface area (Å²) >= 11 is 0. The Hall–Kier alpha value is -3.14. The van der Waals surface area contributed by atoms with Crippen molar-refractivity contribution in [2.24, 2.45) is 0 Å². The lowest BCUT2D eigenvalue weighted by Crippen LogP contribution is -2.13. The van der Waals surface area contributed by atoms with Gasteiger partial charge in [-0.15, -0.1) is 0 Å². The summed E-state index contributed by atoms with van der Waals surface area (Å²) < 4.78 is 0. The van der Waals surface area contributed by atoms with E-state index in [0.717, 1.165) is 28.1 Å². The van der Waals surface area contributed by atoms with E-state index in [1.807, 2.05) is 30.6 Å². The third kappa shape index (κ3) is 3.06. The Kier molecular flexibility index (Phi) is 3.96. The number of fused-ring (bicyclic) bond motifs is 1. The van der Waals surface area contributed by atoms with Crippen LogP contribution in [0.2, 0.25) is 0 Å². The van der Waals surface area contributed by atoms with Crippen LogP contribution in [0.1, 0.15) is 26.3 Å². The van der Waals surface area contributed by atoms with Crippen molar-refractivity contribution in [1.82, 2.24) is 15.2 Å². The molecule has 2 heterocycles. The van der Waals surface area contributed by atoms with Gasteiger partial charge in [-0.3, -0.25) is 10.00 Å². The van der Waals surface area contributed by atoms with Crippen LogP contribution in [-0.2, 0) is 5.41 Å². The van der Waals surface area contributed by atoms with Crippen LogP contribution in [0.25, 0.3) is 10.9 Å². The minimum Gasteiger partial charge on any atom is -0.295 e. The number of H-pyrrole nitrogens is 1. The molecule has 0 fully saturated rings. The van der Waals surface area contributed by atoms with E-state index in [1.54, 1.807) is 0 Å². The first kappa shape index (κ1) is 16.3. The van der Waals surface area contributed by atoms with Crippen LogP contribution >= 0.6 is 0 Å². The molecule has 0 aliphatic heterocycles. The minimum atomic E-state index is 0.128. The first-order valence-electron chi connectivity index (χ1n) is 8.77. The van der Waals surface area contributed by atoms with Crippen molar-refractivity contribution in [3.8, 4) is 0 Å². The third-order valence-corrected chi connectivity index (χ3v) is 4.55. The topological polar surface area (TPSA) is 44.8 Å². The number of aromatic nitrogens is 3. The quantitative estimate of drug-likeness (QED) is 0.517. The second-order valence-electron chi connectivity index (χ2n) is 7.46. The molecule has 2 aromatic heterocycles. The molecule has 1 N–H and O–H groups in total. The summed E-state index contributed by atoms with van der Waals surface area (Å²) in [5, 5.41) is 8.27. The molecule has 4 rings (SSSR count). The van der Waals surface area contributed by atoms with Gasteiger partial charge in [0, 0.05) is 23.0 Å². The number of nitrogens with one attached hydrogen (secondary N) is 1. The van der Waals surface area contributed by atoms with E-state index in [4.69, 9.17) is 0 Å². The fraction of sp³-hybridized carbons (Fsp3) is 0.182. The van der Waals surface area contributed by atoms with Gasteiger partial charge in [0.1, 0.15) is 5.82 Å². The molecule has 0 atom stereocenters. The van der Waals surface area contributed by atoms with Crippen molar-refractivity contribution in [2.75, 3.05) is 4.90 Å². The first-order chi connectivity index (χ1) is 12.5. The average Bonchev–Trinajstić information content (AvgIpc) is 3.10. The molecule has 0 saturated carbocycles. The third-order valence-electron chi connectivity index (χ3n) is 4.55. The highest BCUT2D eigenvalue weighted by atomic mass is 15.2. The maximum atomic E-state index is 4.57. The van der Waals surface area contributed by atoms with Crippen molar-refractivity contribution < 1.29 is 0 Å². The Labute approximate surface area is 153 Å². The van der Waals surface area contributed by atoms with Crippen LogP contribution in [0.3, 0.4) is 0 Å². The number of aromatic amines is 1. The first-order valence-corrected chi connectivity index (χ1v) is 8.77. The van der Waals surface area contributed by atoms with Crippen LogP contribution < -0.4 is 4.90 Å². The largest absolute Gasteiger partial charge is 0.295 e. The lowest BCUT2D eigenvalue weighted by atomic mass is 9.87. The van der Waals surface area contributed by atoms with Crippen LogP contribution in [0.5, 0.6) is 0 Å². The molecule has 0 aliphatic rings. The molecular formula is C22H22N4. The van der Waals surface area contributed by atoms with E-state index in [-0.39, 0.29) is 5.41 Å². The van der Waals surface area contributed by atoms with Crippen LogP contribution in [0, 0.1) is 0 Å². The molecule has 0 saturated heterocycles. The number of rotatable bonds is 3. The number of anilines is 3. The van der Waals surface area contributed by atoms with Crippen LogP contribution in [0.4, 0.5) is 17.2 Å². The maximum Gasteiger partial charge on any atom is 0.137 e. The summed E-state index contributed by atoms with van der Waals surface area (Å²) in [7, 11) is 0. The summed E-state index contributed by atoms with van der Waals surface area (Å²) in [5.74, 6) is 0.884. The summed E-state index contributed by atoms with van der Waals surface area (Å²) in [4.78, 5) is 6.73. The molecule has 2 aromatic carbocycles. The molecule has 0 spiro atoms. The van der Waals surface area contributed by atoms with Gasteiger partial charge >= 0.3 is 0 Å². The Morgan fingerprint density at radius 1 is 0.885 bits per heavy atom. The van der Waals surface area contributed by atoms with Gasteiger partial charge in [0.2, 0.25) is 0 Å². The van der Waals surface area contributed by atoms with Crippen LogP contribution in [-0.4, -0.2) is 15.2 Å². The number of hydrogen-bond donors (Lipinski definition) is 1.